The Morgan fingerprint density at radius 2 is 2.00 bits per heavy atom. The van der Waals surface area contributed by atoms with Crippen LogP contribution < -0.4 is 0 Å². The summed E-state index contributed by atoms with van der Waals surface area (Å²) in [5, 5.41) is 0. The minimum absolute atomic E-state index is 0.180. The van der Waals surface area contributed by atoms with Gasteiger partial charge in [-0.05, 0) is 0 Å². The number of nitrogens with zero attached hydrogens (tertiary/aromatic N) is 2. The van der Waals surface area contributed by atoms with Crippen molar-refractivity contribution in [2.75, 3.05) is 0 Å². The smallest absolute Gasteiger partial charge is 0.360 e. The molecule has 0 amide bonds. The monoisotopic (exact) mass is 140 g/mol. The first-order valence-corrected chi connectivity index (χ1v) is 2.89. The molecule has 0 unspecified atom stereocenters. The van der Waals surface area contributed by atoms with Crippen LogP contribution in [0.3, 0.4) is 0 Å². The SMILES string of the molecule is CCC(=O)C(=[N+]=[N-])C(C)=O. The Hall–Kier alpha value is -1.28. The highest BCUT2D eigenvalue weighted by molar-refractivity contribution is 6.63. The second kappa shape index (κ2) is 3.69. The van der Waals surface area contributed by atoms with E-state index in [0.717, 1.165) is 0 Å². The lowest BCUT2D eigenvalue weighted by Crippen LogP contribution is -2.21. The molecule has 0 saturated carbocycles. The molecule has 54 valence electrons. The molecule has 0 aromatic rings. The van der Waals surface area contributed by atoms with Gasteiger partial charge in [0.1, 0.15) is 0 Å². The Bertz CT molecular complexity index is 214. The van der Waals surface area contributed by atoms with Gasteiger partial charge in [0.25, 0.3) is 0 Å². The fourth-order valence-corrected chi connectivity index (χ4v) is 0.490. The molecule has 0 bridgehead atoms. The maximum Gasteiger partial charge on any atom is 0.399 e. The molecule has 0 atom stereocenters. The van der Waals surface area contributed by atoms with Crippen molar-refractivity contribution < 1.29 is 14.4 Å². The summed E-state index contributed by atoms with van der Waals surface area (Å²) in [4.78, 5) is 23.7. The van der Waals surface area contributed by atoms with Crippen molar-refractivity contribution >= 4 is 17.3 Å². The second-order valence-electron chi connectivity index (χ2n) is 1.78. The minimum atomic E-state index is -0.505. The standard InChI is InChI=1S/C6H8N2O2/c1-3-5(10)6(8-7)4(2)9/h3H2,1-2H3. The van der Waals surface area contributed by atoms with Crippen LogP contribution in [-0.4, -0.2) is 22.1 Å². The number of carbonyl (C=O) groups excluding carboxylic acids is 2. The van der Waals surface area contributed by atoms with Gasteiger partial charge in [0.2, 0.25) is 11.6 Å². The van der Waals surface area contributed by atoms with Crippen LogP contribution in [0.1, 0.15) is 20.3 Å². The third-order valence-corrected chi connectivity index (χ3v) is 1.02. The van der Waals surface area contributed by atoms with E-state index in [-0.39, 0.29) is 12.1 Å². The maximum atomic E-state index is 10.7. The molecule has 10 heavy (non-hydrogen) atoms. The van der Waals surface area contributed by atoms with E-state index in [0.29, 0.717) is 0 Å². The van der Waals surface area contributed by atoms with Crippen molar-refractivity contribution in [1.29, 1.82) is 0 Å². The minimum Gasteiger partial charge on any atom is -0.360 e. The van der Waals surface area contributed by atoms with Crippen molar-refractivity contribution in [2.45, 2.75) is 20.3 Å². The summed E-state index contributed by atoms with van der Waals surface area (Å²) in [6.07, 6.45) is 0.180. The average Bonchev–Trinajstić information content (AvgIpc) is 1.88. The summed E-state index contributed by atoms with van der Waals surface area (Å²) in [6, 6.07) is 0. The predicted molar refractivity (Wildman–Crippen MR) is 34.6 cm³/mol. The number of rotatable bonds is 3. The number of hydrogen-bond acceptors (Lipinski definition) is 2. The van der Waals surface area contributed by atoms with Crippen LogP contribution in [0.25, 0.3) is 5.53 Å². The Balaban J connectivity index is 4.56. The van der Waals surface area contributed by atoms with E-state index in [4.69, 9.17) is 5.53 Å². The summed E-state index contributed by atoms with van der Waals surface area (Å²) in [6.45, 7) is 2.78. The summed E-state index contributed by atoms with van der Waals surface area (Å²) in [5.74, 6) is -0.940. The Morgan fingerprint density at radius 3 is 2.10 bits per heavy atom. The van der Waals surface area contributed by atoms with Gasteiger partial charge in [-0.2, -0.15) is 4.79 Å². The summed E-state index contributed by atoms with van der Waals surface area (Å²) in [5.41, 5.74) is 7.77. The van der Waals surface area contributed by atoms with Crippen LogP contribution in [0.5, 0.6) is 0 Å². The number of ketones is 2. The van der Waals surface area contributed by atoms with Gasteiger partial charge in [-0.15, -0.1) is 0 Å². The quantitative estimate of drug-likeness (QED) is 0.243. The fraction of sp³-hybridized carbons (Fsp3) is 0.500. The highest BCUT2D eigenvalue weighted by Crippen LogP contribution is 1.84. The van der Waals surface area contributed by atoms with E-state index in [1.165, 1.54) is 6.92 Å². The largest absolute Gasteiger partial charge is 0.399 e. The molecule has 0 spiro atoms. The van der Waals surface area contributed by atoms with Crippen molar-refractivity contribution in [1.82, 2.24) is 0 Å². The summed E-state index contributed by atoms with van der Waals surface area (Å²) < 4.78 is 0. The summed E-state index contributed by atoms with van der Waals surface area (Å²) >= 11 is 0. The molecular formula is C6H8N2O2. The van der Waals surface area contributed by atoms with Crippen molar-refractivity contribution in [3.8, 4) is 0 Å². The topological polar surface area (TPSA) is 70.5 Å². The van der Waals surface area contributed by atoms with E-state index in [2.05, 4.69) is 4.79 Å². The number of carbonyl (C=O) groups is 2. The molecule has 0 aliphatic rings. The Morgan fingerprint density at radius 1 is 1.50 bits per heavy atom. The van der Waals surface area contributed by atoms with Gasteiger partial charge in [0.05, 0.1) is 0 Å². The van der Waals surface area contributed by atoms with Gasteiger partial charge in [-0.25, -0.2) is 0 Å². The summed E-state index contributed by atoms with van der Waals surface area (Å²) in [7, 11) is 0. The second-order valence-corrected chi connectivity index (χ2v) is 1.78. The zero-order valence-electron chi connectivity index (χ0n) is 5.92. The zero-order valence-corrected chi connectivity index (χ0v) is 5.92. The van der Waals surface area contributed by atoms with Gasteiger partial charge in [-0.3, -0.25) is 9.59 Å². The Labute approximate surface area is 58.5 Å². The van der Waals surface area contributed by atoms with Crippen molar-refractivity contribution in [2.24, 2.45) is 0 Å². The van der Waals surface area contributed by atoms with Gasteiger partial charge in [0.15, 0.2) is 0 Å². The number of hydrogen-bond donors (Lipinski definition) is 0. The molecule has 0 aromatic heterocycles. The molecule has 0 radical (unpaired) electrons. The van der Waals surface area contributed by atoms with Crippen LogP contribution >= 0.6 is 0 Å². The van der Waals surface area contributed by atoms with Crippen LogP contribution in [0, 0.1) is 0 Å². The molecule has 0 rings (SSSR count). The molecule has 0 aliphatic heterocycles. The van der Waals surface area contributed by atoms with Crippen LogP contribution in [0.15, 0.2) is 0 Å². The first kappa shape index (κ1) is 8.72. The van der Waals surface area contributed by atoms with E-state index in [9.17, 15) is 9.59 Å². The maximum absolute atomic E-state index is 10.7. The first-order chi connectivity index (χ1) is 4.63. The van der Waals surface area contributed by atoms with E-state index >= 15 is 0 Å². The molecule has 4 nitrogen and oxygen atoms in total. The van der Waals surface area contributed by atoms with E-state index < -0.39 is 11.6 Å². The third-order valence-electron chi connectivity index (χ3n) is 1.02. The molecule has 0 N–H and O–H groups in total. The molecule has 0 saturated heterocycles. The van der Waals surface area contributed by atoms with Crippen LogP contribution in [0.2, 0.25) is 0 Å². The van der Waals surface area contributed by atoms with Gasteiger partial charge in [0, 0.05) is 13.3 Å². The van der Waals surface area contributed by atoms with Gasteiger partial charge in [-0.1, -0.05) is 6.92 Å². The molecule has 0 aromatic carbocycles. The molecule has 0 heterocycles. The Kier molecular flexibility index (Phi) is 3.22. The van der Waals surface area contributed by atoms with Gasteiger partial charge >= 0.3 is 5.71 Å². The highest BCUT2D eigenvalue weighted by Gasteiger charge is 2.22. The molecule has 0 aliphatic carbocycles. The van der Waals surface area contributed by atoms with Crippen LogP contribution in [0.4, 0.5) is 0 Å². The zero-order chi connectivity index (χ0) is 8.15. The normalized spacial score (nSPS) is 8.20. The average molecular weight is 140 g/mol. The van der Waals surface area contributed by atoms with E-state index in [1.54, 1.807) is 6.92 Å². The van der Waals surface area contributed by atoms with Crippen molar-refractivity contribution in [3.63, 3.8) is 0 Å². The van der Waals surface area contributed by atoms with Gasteiger partial charge < -0.3 is 5.53 Å². The van der Waals surface area contributed by atoms with Crippen LogP contribution in [-0.2, 0) is 9.59 Å². The molecule has 4 heteroatoms. The number of Topliss-reactive ketones (excluding diaryl/α,β-unsaturated/α-hetero) is 2. The fourth-order valence-electron chi connectivity index (χ4n) is 0.490. The predicted octanol–water partition coefficient (Wildman–Crippen LogP) is 0.225. The molecular weight excluding hydrogens is 132 g/mol. The third kappa shape index (κ3) is 1.91. The van der Waals surface area contributed by atoms with E-state index in [1.807, 2.05) is 0 Å². The lowest BCUT2D eigenvalue weighted by Gasteiger charge is -1.83. The van der Waals surface area contributed by atoms with Crippen molar-refractivity contribution in [3.05, 3.63) is 5.53 Å². The molecule has 0 fully saturated rings. The highest BCUT2D eigenvalue weighted by atomic mass is 16.1. The lowest BCUT2D eigenvalue weighted by atomic mass is 10.1. The first-order valence-electron chi connectivity index (χ1n) is 2.89. The lowest BCUT2D eigenvalue weighted by molar-refractivity contribution is -0.123.